The molecule has 1 heterocycles. The van der Waals surface area contributed by atoms with Crippen molar-refractivity contribution < 1.29 is 14.6 Å². The number of hydrogen-bond acceptors (Lipinski definition) is 6. The Kier molecular flexibility index (Phi) is 5.49. The van der Waals surface area contributed by atoms with Gasteiger partial charge in [0, 0.05) is 19.0 Å². The number of carbonyl (C=O) groups is 1. The van der Waals surface area contributed by atoms with Gasteiger partial charge in [-0.3, -0.25) is 4.79 Å². The predicted molar refractivity (Wildman–Crippen MR) is 64.9 cm³/mol. The molecule has 2 unspecified atom stereocenters. The lowest BCUT2D eigenvalue weighted by molar-refractivity contribution is 0.0608. The van der Waals surface area contributed by atoms with Gasteiger partial charge in [-0.05, 0) is 6.92 Å². The first-order valence-electron chi connectivity index (χ1n) is 5.20. The maximum absolute atomic E-state index is 11.6. The summed E-state index contributed by atoms with van der Waals surface area (Å²) >= 11 is 1.35. The van der Waals surface area contributed by atoms with Crippen molar-refractivity contribution >= 4 is 17.2 Å². The molecule has 1 rings (SSSR count). The van der Waals surface area contributed by atoms with E-state index in [0.29, 0.717) is 10.7 Å². The topological polar surface area (TPSA) is 97.5 Å². The Morgan fingerprint density at radius 3 is 3.00 bits per heavy atom. The summed E-state index contributed by atoms with van der Waals surface area (Å²) < 4.78 is 4.75. The zero-order valence-electron chi connectivity index (χ0n) is 9.84. The Bertz CT molecular complexity index is 367. The summed E-state index contributed by atoms with van der Waals surface area (Å²) in [7, 11) is 1.49. The number of aliphatic hydroxyl groups excluding tert-OH is 1. The number of hydrogen-bond donors (Lipinski definition) is 3. The number of carbonyl (C=O) groups excluding carboxylic acids is 1. The van der Waals surface area contributed by atoms with Crippen LogP contribution in [-0.2, 0) is 4.74 Å². The van der Waals surface area contributed by atoms with Crippen LogP contribution in [0.4, 0.5) is 0 Å². The number of rotatable bonds is 6. The molecule has 0 fully saturated rings. The van der Waals surface area contributed by atoms with E-state index in [4.69, 9.17) is 10.5 Å². The summed E-state index contributed by atoms with van der Waals surface area (Å²) in [5, 5.41) is 14.3. The molecule has 96 valence electrons. The van der Waals surface area contributed by atoms with Gasteiger partial charge in [-0.1, -0.05) is 0 Å². The van der Waals surface area contributed by atoms with Gasteiger partial charge in [0.2, 0.25) is 0 Å². The highest BCUT2D eigenvalue weighted by atomic mass is 32.1. The van der Waals surface area contributed by atoms with Gasteiger partial charge in [-0.25, -0.2) is 4.98 Å². The quantitative estimate of drug-likeness (QED) is 0.663. The first-order chi connectivity index (χ1) is 8.04. The molecule has 6 nitrogen and oxygen atoms in total. The molecule has 2 atom stereocenters. The molecule has 0 aliphatic rings. The van der Waals surface area contributed by atoms with Gasteiger partial charge in [0.1, 0.15) is 10.7 Å². The highest BCUT2D eigenvalue weighted by molar-refractivity contribution is 7.09. The van der Waals surface area contributed by atoms with E-state index >= 15 is 0 Å². The maximum atomic E-state index is 11.6. The minimum atomic E-state index is -0.713. The first kappa shape index (κ1) is 14.0. The molecule has 4 N–H and O–H groups in total. The Morgan fingerprint density at radius 1 is 1.76 bits per heavy atom. The van der Waals surface area contributed by atoms with Gasteiger partial charge in [0.25, 0.3) is 5.91 Å². The van der Waals surface area contributed by atoms with Crippen molar-refractivity contribution in [1.82, 2.24) is 10.3 Å². The van der Waals surface area contributed by atoms with Gasteiger partial charge in [0.15, 0.2) is 0 Å². The summed E-state index contributed by atoms with van der Waals surface area (Å²) in [6.07, 6.45) is -0.713. The van der Waals surface area contributed by atoms with E-state index in [-0.39, 0.29) is 25.1 Å². The monoisotopic (exact) mass is 259 g/mol. The van der Waals surface area contributed by atoms with Crippen LogP contribution in [-0.4, -0.2) is 42.4 Å². The average molecular weight is 259 g/mol. The van der Waals surface area contributed by atoms with Crippen LogP contribution in [0.15, 0.2) is 5.38 Å². The number of aliphatic hydroxyl groups is 1. The summed E-state index contributed by atoms with van der Waals surface area (Å²) in [5.41, 5.74) is 5.97. The Morgan fingerprint density at radius 2 is 2.47 bits per heavy atom. The molecule has 0 bridgehead atoms. The summed E-state index contributed by atoms with van der Waals surface area (Å²) in [4.78, 5) is 15.7. The van der Waals surface area contributed by atoms with Gasteiger partial charge < -0.3 is 20.9 Å². The minimum absolute atomic E-state index is 0.137. The van der Waals surface area contributed by atoms with E-state index in [2.05, 4.69) is 10.3 Å². The lowest BCUT2D eigenvalue weighted by Gasteiger charge is -2.09. The van der Waals surface area contributed by atoms with Crippen LogP contribution in [0.2, 0.25) is 0 Å². The molecule has 0 aromatic carbocycles. The standard InChI is InChI=1S/C10H17N3O3S/c1-6(11)10-13-8(5-17-10)9(15)12-3-7(14)4-16-2/h5-7,14H,3-4,11H2,1-2H3,(H,12,15). The van der Waals surface area contributed by atoms with Crippen LogP contribution >= 0.6 is 11.3 Å². The maximum Gasteiger partial charge on any atom is 0.270 e. The number of thiazole rings is 1. The van der Waals surface area contributed by atoms with Crippen LogP contribution in [0.1, 0.15) is 28.5 Å². The van der Waals surface area contributed by atoms with E-state index in [1.54, 1.807) is 5.38 Å². The number of nitrogens with two attached hydrogens (primary N) is 1. The molecule has 17 heavy (non-hydrogen) atoms. The molecule has 0 saturated heterocycles. The average Bonchev–Trinajstić information content (AvgIpc) is 2.75. The molecule has 0 spiro atoms. The molecular weight excluding hydrogens is 242 g/mol. The van der Waals surface area contributed by atoms with Crippen LogP contribution in [0.3, 0.4) is 0 Å². The lowest BCUT2D eigenvalue weighted by Crippen LogP contribution is -2.34. The Hall–Kier alpha value is -1.02. The number of amides is 1. The fraction of sp³-hybridized carbons (Fsp3) is 0.600. The third-order valence-electron chi connectivity index (χ3n) is 2.00. The zero-order valence-corrected chi connectivity index (χ0v) is 10.7. The van der Waals surface area contributed by atoms with Crippen molar-refractivity contribution in [3.63, 3.8) is 0 Å². The number of nitrogens with zero attached hydrogens (tertiary/aromatic N) is 1. The second-order valence-corrected chi connectivity index (χ2v) is 4.57. The van der Waals surface area contributed by atoms with E-state index in [9.17, 15) is 9.90 Å². The fourth-order valence-electron chi connectivity index (χ4n) is 1.15. The molecule has 7 heteroatoms. The first-order valence-corrected chi connectivity index (χ1v) is 6.08. The number of nitrogens with one attached hydrogen (secondary N) is 1. The van der Waals surface area contributed by atoms with E-state index in [0.717, 1.165) is 0 Å². The molecule has 0 saturated carbocycles. The Labute approximate surface area is 104 Å². The molecular formula is C10H17N3O3S. The summed E-state index contributed by atoms with van der Waals surface area (Å²) in [5.74, 6) is -0.316. The number of aromatic nitrogens is 1. The summed E-state index contributed by atoms with van der Waals surface area (Å²) in [6, 6.07) is -0.180. The second kappa shape index (κ2) is 6.65. The minimum Gasteiger partial charge on any atom is -0.389 e. The largest absolute Gasteiger partial charge is 0.389 e. The van der Waals surface area contributed by atoms with Gasteiger partial charge in [-0.15, -0.1) is 11.3 Å². The summed E-state index contributed by atoms with van der Waals surface area (Å²) in [6.45, 7) is 2.13. The Balaban J connectivity index is 2.46. The van der Waals surface area contributed by atoms with Crippen molar-refractivity contribution in [1.29, 1.82) is 0 Å². The van der Waals surface area contributed by atoms with Crippen LogP contribution in [0.5, 0.6) is 0 Å². The number of methoxy groups -OCH3 is 1. The third kappa shape index (κ3) is 4.39. The third-order valence-corrected chi connectivity index (χ3v) is 3.05. The molecule has 1 amide bonds. The molecule has 1 aromatic rings. The van der Waals surface area contributed by atoms with Crippen molar-refractivity contribution in [2.24, 2.45) is 5.73 Å². The predicted octanol–water partition coefficient (Wildman–Crippen LogP) is -0.100. The fourth-order valence-corrected chi connectivity index (χ4v) is 1.91. The molecule has 1 aromatic heterocycles. The number of ether oxygens (including phenoxy) is 1. The highest BCUT2D eigenvalue weighted by Crippen LogP contribution is 2.15. The molecule has 0 radical (unpaired) electrons. The van der Waals surface area contributed by atoms with Crippen molar-refractivity contribution in [3.05, 3.63) is 16.1 Å². The van der Waals surface area contributed by atoms with E-state index in [1.807, 2.05) is 6.92 Å². The van der Waals surface area contributed by atoms with Crippen molar-refractivity contribution in [2.45, 2.75) is 19.1 Å². The smallest absolute Gasteiger partial charge is 0.270 e. The van der Waals surface area contributed by atoms with Gasteiger partial charge >= 0.3 is 0 Å². The van der Waals surface area contributed by atoms with Crippen LogP contribution in [0, 0.1) is 0 Å². The van der Waals surface area contributed by atoms with E-state index in [1.165, 1.54) is 18.4 Å². The highest BCUT2D eigenvalue weighted by Gasteiger charge is 2.13. The van der Waals surface area contributed by atoms with Crippen molar-refractivity contribution in [2.75, 3.05) is 20.3 Å². The van der Waals surface area contributed by atoms with Crippen molar-refractivity contribution in [3.8, 4) is 0 Å². The molecule has 0 aliphatic heterocycles. The normalized spacial score (nSPS) is 14.4. The SMILES string of the molecule is COCC(O)CNC(=O)c1csc(C(C)N)n1. The zero-order chi connectivity index (χ0) is 12.8. The van der Waals surface area contributed by atoms with Gasteiger partial charge in [0.05, 0.1) is 18.8 Å². The van der Waals surface area contributed by atoms with Crippen LogP contribution < -0.4 is 11.1 Å². The molecule has 0 aliphatic carbocycles. The second-order valence-electron chi connectivity index (χ2n) is 3.68. The van der Waals surface area contributed by atoms with Gasteiger partial charge in [-0.2, -0.15) is 0 Å². The lowest BCUT2D eigenvalue weighted by atomic mass is 10.3. The van der Waals surface area contributed by atoms with Crippen LogP contribution in [0.25, 0.3) is 0 Å². The van der Waals surface area contributed by atoms with E-state index < -0.39 is 6.10 Å².